The summed E-state index contributed by atoms with van der Waals surface area (Å²) in [5.41, 5.74) is 3.94. The Hall–Kier alpha value is -3.53. The van der Waals surface area contributed by atoms with Crippen LogP contribution in [0.1, 0.15) is 50.7 Å². The number of benzene rings is 2. The minimum Gasteiger partial charge on any atom is -0.465 e. The van der Waals surface area contributed by atoms with Crippen molar-refractivity contribution < 1.29 is 19.4 Å². The number of rotatable bonds is 3. The Morgan fingerprint density at radius 3 is 2.21 bits per heavy atom. The van der Waals surface area contributed by atoms with Crippen molar-refractivity contribution in [3.8, 4) is 17.2 Å². The molecule has 3 atom stereocenters. The van der Waals surface area contributed by atoms with E-state index >= 15 is 0 Å². The summed E-state index contributed by atoms with van der Waals surface area (Å²) >= 11 is 0. The van der Waals surface area contributed by atoms with Crippen LogP contribution in [0.3, 0.4) is 0 Å². The third kappa shape index (κ3) is 4.65. The van der Waals surface area contributed by atoms with Gasteiger partial charge in [-0.15, -0.1) is 0 Å². The van der Waals surface area contributed by atoms with Crippen molar-refractivity contribution in [3.63, 3.8) is 0 Å². The zero-order valence-corrected chi connectivity index (χ0v) is 19.1. The van der Waals surface area contributed by atoms with E-state index in [0.717, 1.165) is 22.3 Å². The molecular weight excluding hydrogens is 418 g/mol. The number of nitriles is 1. The lowest BCUT2D eigenvalue weighted by Crippen LogP contribution is -2.59. The maximum atomic E-state index is 12.6. The van der Waals surface area contributed by atoms with Gasteiger partial charge in [0.25, 0.3) is 0 Å². The van der Waals surface area contributed by atoms with Gasteiger partial charge in [-0.05, 0) is 55.9 Å². The molecule has 33 heavy (non-hydrogen) atoms. The number of alkyl carbamates (subject to hydrolysis) is 1. The number of carbonyl (C=O) groups excluding carboxylic acids is 1. The Labute approximate surface area is 194 Å². The van der Waals surface area contributed by atoms with Gasteiger partial charge >= 0.3 is 12.2 Å². The van der Waals surface area contributed by atoms with E-state index in [2.05, 4.69) is 35.7 Å². The number of amides is 2. The number of nitrogens with zero attached hydrogens (tertiary/aromatic N) is 2. The molecule has 1 saturated heterocycles. The molecule has 4 rings (SSSR count). The molecule has 1 heterocycles. The number of carbonyl (C=O) groups is 2. The number of hydrogen-bond acceptors (Lipinski definition) is 4. The third-order valence-corrected chi connectivity index (χ3v) is 6.39. The number of likely N-dealkylation sites (tertiary alicyclic amines) is 1. The minimum absolute atomic E-state index is 0.00850. The van der Waals surface area contributed by atoms with Crippen LogP contribution in [0.25, 0.3) is 11.1 Å². The average molecular weight is 448 g/mol. The zero-order valence-electron chi connectivity index (χ0n) is 19.1. The summed E-state index contributed by atoms with van der Waals surface area (Å²) in [5.74, 6) is -0.508. The molecule has 1 fully saturated rings. The van der Waals surface area contributed by atoms with E-state index < -0.39 is 35.8 Å². The summed E-state index contributed by atoms with van der Waals surface area (Å²) in [4.78, 5) is 26.1. The Balaban J connectivity index is 1.68. The molecule has 0 radical (unpaired) electrons. The summed E-state index contributed by atoms with van der Waals surface area (Å²) in [7, 11) is 0. The fourth-order valence-electron chi connectivity index (χ4n) is 5.10. The third-order valence-electron chi connectivity index (χ3n) is 6.39. The number of nitrogens with one attached hydrogen (secondary N) is 1. The van der Waals surface area contributed by atoms with Gasteiger partial charge in [-0.25, -0.2) is 9.59 Å². The van der Waals surface area contributed by atoms with Gasteiger partial charge in [-0.3, -0.25) is 0 Å². The van der Waals surface area contributed by atoms with Crippen LogP contribution < -0.4 is 5.32 Å². The monoisotopic (exact) mass is 447 g/mol. The Kier molecular flexibility index (Phi) is 6.03. The average Bonchev–Trinajstić information content (AvgIpc) is 3.07. The molecule has 0 aromatic heterocycles. The summed E-state index contributed by atoms with van der Waals surface area (Å²) in [6.45, 7) is 5.45. The van der Waals surface area contributed by atoms with Crippen LogP contribution in [0.5, 0.6) is 0 Å². The first-order valence-corrected chi connectivity index (χ1v) is 11.2. The molecule has 2 amide bonds. The molecule has 172 valence electrons. The quantitative estimate of drug-likeness (QED) is 0.691. The second-order valence-electron chi connectivity index (χ2n) is 9.78. The predicted octanol–water partition coefficient (Wildman–Crippen LogP) is 4.97. The highest BCUT2D eigenvalue weighted by Gasteiger charge is 2.43. The topological polar surface area (TPSA) is 103 Å². The van der Waals surface area contributed by atoms with Crippen LogP contribution >= 0.6 is 0 Å². The molecule has 7 heteroatoms. The SMILES string of the molecule is CC(C)(C)OC(=O)NC1CC(C#N)CN(C(=O)O)C1CC1c2ccccc2-c2ccccc21. The van der Waals surface area contributed by atoms with Crippen LogP contribution in [0.2, 0.25) is 0 Å². The Morgan fingerprint density at radius 2 is 1.70 bits per heavy atom. The molecular formula is C26H29N3O4. The Morgan fingerprint density at radius 1 is 1.12 bits per heavy atom. The van der Waals surface area contributed by atoms with Crippen LogP contribution in [0, 0.1) is 17.2 Å². The van der Waals surface area contributed by atoms with Crippen molar-refractivity contribution in [1.82, 2.24) is 10.2 Å². The Bertz CT molecular complexity index is 1060. The first-order valence-electron chi connectivity index (χ1n) is 11.2. The summed E-state index contributed by atoms with van der Waals surface area (Å²) in [6, 6.07) is 17.5. The molecule has 3 unspecified atom stereocenters. The lowest BCUT2D eigenvalue weighted by Gasteiger charge is -2.43. The second kappa shape index (κ2) is 8.78. The van der Waals surface area contributed by atoms with Gasteiger partial charge in [0, 0.05) is 12.5 Å². The second-order valence-corrected chi connectivity index (χ2v) is 9.78. The van der Waals surface area contributed by atoms with Gasteiger partial charge < -0.3 is 20.1 Å². The van der Waals surface area contributed by atoms with Crippen molar-refractivity contribution in [2.75, 3.05) is 6.54 Å². The van der Waals surface area contributed by atoms with E-state index in [1.165, 1.54) is 4.90 Å². The molecule has 7 nitrogen and oxygen atoms in total. The fourth-order valence-corrected chi connectivity index (χ4v) is 5.10. The molecule has 0 saturated carbocycles. The molecule has 2 N–H and O–H groups in total. The highest BCUT2D eigenvalue weighted by Crippen LogP contribution is 2.47. The molecule has 1 aliphatic carbocycles. The number of hydrogen-bond donors (Lipinski definition) is 2. The maximum absolute atomic E-state index is 12.6. The van der Waals surface area contributed by atoms with Gasteiger partial charge in [-0.2, -0.15) is 5.26 Å². The first kappa shape index (κ1) is 22.7. The number of piperidine rings is 1. The molecule has 1 aliphatic heterocycles. The predicted molar refractivity (Wildman–Crippen MR) is 124 cm³/mol. The van der Waals surface area contributed by atoms with Crippen molar-refractivity contribution in [2.24, 2.45) is 5.92 Å². The van der Waals surface area contributed by atoms with E-state index in [1.54, 1.807) is 20.8 Å². The number of fused-ring (bicyclic) bond motifs is 3. The fraction of sp³-hybridized carbons (Fsp3) is 0.423. The highest BCUT2D eigenvalue weighted by molar-refractivity contribution is 5.79. The molecule has 0 spiro atoms. The molecule has 2 aliphatic rings. The van der Waals surface area contributed by atoms with Gasteiger partial charge in [-0.1, -0.05) is 48.5 Å². The smallest absolute Gasteiger partial charge is 0.407 e. The van der Waals surface area contributed by atoms with E-state index in [4.69, 9.17) is 4.74 Å². The highest BCUT2D eigenvalue weighted by atomic mass is 16.6. The molecule has 2 aromatic rings. The van der Waals surface area contributed by atoms with E-state index in [0.29, 0.717) is 12.8 Å². The standard InChI is InChI=1S/C26H29N3O4/c1-26(2,3)33-24(30)28-22-12-16(14-27)15-29(25(31)32)23(22)13-21-19-10-6-4-8-17(19)18-9-5-7-11-20(18)21/h4-11,16,21-23H,12-13,15H2,1-3H3,(H,28,30)(H,31,32). The maximum Gasteiger partial charge on any atom is 0.407 e. The van der Waals surface area contributed by atoms with Gasteiger partial charge in [0.1, 0.15) is 5.60 Å². The van der Waals surface area contributed by atoms with E-state index in [9.17, 15) is 20.0 Å². The van der Waals surface area contributed by atoms with Crippen molar-refractivity contribution >= 4 is 12.2 Å². The minimum atomic E-state index is -1.09. The van der Waals surface area contributed by atoms with Crippen molar-refractivity contribution in [1.29, 1.82) is 5.26 Å². The van der Waals surface area contributed by atoms with Crippen LogP contribution in [0.4, 0.5) is 9.59 Å². The van der Waals surface area contributed by atoms with Crippen LogP contribution in [-0.4, -0.2) is 46.4 Å². The summed E-state index contributed by atoms with van der Waals surface area (Å²) in [6.07, 6.45) is -0.816. The van der Waals surface area contributed by atoms with E-state index in [-0.39, 0.29) is 12.5 Å². The summed E-state index contributed by atoms with van der Waals surface area (Å²) in [5, 5.41) is 22.4. The van der Waals surface area contributed by atoms with Crippen LogP contribution in [-0.2, 0) is 4.74 Å². The van der Waals surface area contributed by atoms with Gasteiger partial charge in [0.15, 0.2) is 0 Å². The normalized spacial score (nSPS) is 22.1. The number of ether oxygens (including phenoxy) is 1. The number of carboxylic acid groups (broad SMARTS) is 1. The lowest BCUT2D eigenvalue weighted by molar-refractivity contribution is 0.0359. The molecule has 2 aromatic carbocycles. The first-order chi connectivity index (χ1) is 15.7. The lowest BCUT2D eigenvalue weighted by atomic mass is 9.81. The summed E-state index contributed by atoms with van der Waals surface area (Å²) < 4.78 is 5.44. The van der Waals surface area contributed by atoms with Gasteiger partial charge in [0.2, 0.25) is 0 Å². The van der Waals surface area contributed by atoms with Crippen LogP contribution in [0.15, 0.2) is 48.5 Å². The van der Waals surface area contributed by atoms with Crippen molar-refractivity contribution in [2.45, 2.75) is 57.2 Å². The van der Waals surface area contributed by atoms with E-state index in [1.807, 2.05) is 24.3 Å². The van der Waals surface area contributed by atoms with Gasteiger partial charge in [0.05, 0.1) is 24.1 Å². The molecule has 0 bridgehead atoms. The zero-order chi connectivity index (χ0) is 23.8. The van der Waals surface area contributed by atoms with Crippen molar-refractivity contribution in [3.05, 3.63) is 59.7 Å². The largest absolute Gasteiger partial charge is 0.465 e.